The highest BCUT2D eigenvalue weighted by Crippen LogP contribution is 1.92. The van der Waals surface area contributed by atoms with Crippen LogP contribution in [0.4, 0.5) is 4.79 Å². The number of hydrogen-bond acceptors (Lipinski definition) is 2. The summed E-state index contributed by atoms with van der Waals surface area (Å²) in [6, 6.07) is 10.3. The molecule has 0 saturated carbocycles. The maximum atomic E-state index is 10.0. The van der Waals surface area contributed by atoms with Crippen LogP contribution in [0.25, 0.3) is 0 Å². The van der Waals surface area contributed by atoms with Gasteiger partial charge in [0.15, 0.2) is 0 Å². The third-order valence-electron chi connectivity index (χ3n) is 2.30. The molecule has 4 nitrogen and oxygen atoms in total. The standard InChI is InChI=1S/C8H18N2O2.C7H8.CH4/c1-7(2)6-9-4-3-5-10-8(11)12;1-7-5-3-2-4-6-7;/h7,9-10H,3-6H2,1-2H3,(H,11,12);2-6H,1H3;1H4. The van der Waals surface area contributed by atoms with Gasteiger partial charge in [0.2, 0.25) is 0 Å². The number of aryl methyl sites for hydroxylation is 1. The Balaban J connectivity index is 0. The van der Waals surface area contributed by atoms with E-state index in [9.17, 15) is 4.79 Å². The van der Waals surface area contributed by atoms with Crippen LogP contribution in [-0.2, 0) is 0 Å². The molecule has 0 aliphatic carbocycles. The Morgan fingerprint density at radius 1 is 1.20 bits per heavy atom. The first-order valence-electron chi connectivity index (χ1n) is 6.71. The van der Waals surface area contributed by atoms with Gasteiger partial charge >= 0.3 is 6.09 Å². The van der Waals surface area contributed by atoms with E-state index < -0.39 is 6.09 Å². The predicted octanol–water partition coefficient (Wildman–Crippen LogP) is 3.52. The Hall–Kier alpha value is -1.55. The molecule has 0 unspecified atom stereocenters. The summed E-state index contributed by atoms with van der Waals surface area (Å²) in [7, 11) is 0. The smallest absolute Gasteiger partial charge is 0.404 e. The van der Waals surface area contributed by atoms with E-state index >= 15 is 0 Å². The summed E-state index contributed by atoms with van der Waals surface area (Å²) in [5.74, 6) is 0.650. The number of amides is 1. The van der Waals surface area contributed by atoms with E-state index in [4.69, 9.17) is 5.11 Å². The molecule has 1 aromatic rings. The van der Waals surface area contributed by atoms with Crippen molar-refractivity contribution in [3.8, 4) is 0 Å². The van der Waals surface area contributed by atoms with E-state index in [-0.39, 0.29) is 7.43 Å². The zero-order valence-electron chi connectivity index (χ0n) is 12.1. The van der Waals surface area contributed by atoms with Crippen molar-refractivity contribution in [2.75, 3.05) is 19.6 Å². The van der Waals surface area contributed by atoms with Crippen molar-refractivity contribution in [3.05, 3.63) is 35.9 Å². The van der Waals surface area contributed by atoms with Gasteiger partial charge in [-0.2, -0.15) is 0 Å². The van der Waals surface area contributed by atoms with Gasteiger partial charge in [0.25, 0.3) is 0 Å². The fourth-order valence-electron chi connectivity index (χ4n) is 1.33. The molecule has 1 aromatic carbocycles. The molecule has 0 aliphatic rings. The van der Waals surface area contributed by atoms with Gasteiger partial charge < -0.3 is 15.7 Å². The predicted molar refractivity (Wildman–Crippen MR) is 86.3 cm³/mol. The molecule has 0 saturated heterocycles. The van der Waals surface area contributed by atoms with E-state index in [1.165, 1.54) is 5.56 Å². The lowest BCUT2D eigenvalue weighted by molar-refractivity contribution is 0.194. The van der Waals surface area contributed by atoms with Crippen LogP contribution in [0.2, 0.25) is 0 Å². The minimum absolute atomic E-state index is 0. The first kappa shape index (κ1) is 20.8. The highest BCUT2D eigenvalue weighted by atomic mass is 16.4. The van der Waals surface area contributed by atoms with Gasteiger partial charge in [0, 0.05) is 6.54 Å². The van der Waals surface area contributed by atoms with Crippen LogP contribution in [0.1, 0.15) is 33.3 Å². The van der Waals surface area contributed by atoms with Crippen LogP contribution >= 0.6 is 0 Å². The maximum absolute atomic E-state index is 10.0. The van der Waals surface area contributed by atoms with Crippen molar-refractivity contribution in [1.82, 2.24) is 10.6 Å². The summed E-state index contributed by atoms with van der Waals surface area (Å²) < 4.78 is 0. The Morgan fingerprint density at radius 2 is 1.80 bits per heavy atom. The quantitative estimate of drug-likeness (QED) is 0.700. The molecule has 0 bridgehead atoms. The fourth-order valence-corrected chi connectivity index (χ4v) is 1.33. The van der Waals surface area contributed by atoms with E-state index in [1.807, 2.05) is 18.2 Å². The summed E-state index contributed by atoms with van der Waals surface area (Å²) in [4.78, 5) is 10.0. The molecule has 0 aliphatic heterocycles. The first-order valence-corrected chi connectivity index (χ1v) is 6.71. The molecular formula is C16H30N2O2. The van der Waals surface area contributed by atoms with Crippen LogP contribution < -0.4 is 10.6 Å². The van der Waals surface area contributed by atoms with Gasteiger partial charge in [-0.3, -0.25) is 0 Å². The molecule has 4 heteroatoms. The Kier molecular flexibility index (Phi) is 14.4. The number of carboxylic acid groups (broad SMARTS) is 1. The largest absolute Gasteiger partial charge is 0.465 e. The number of carbonyl (C=O) groups is 1. The summed E-state index contributed by atoms with van der Waals surface area (Å²) in [6.45, 7) is 8.76. The molecule has 0 atom stereocenters. The average molecular weight is 282 g/mol. The van der Waals surface area contributed by atoms with Crippen LogP contribution in [0, 0.1) is 12.8 Å². The Morgan fingerprint density at radius 3 is 2.20 bits per heavy atom. The normalized spacial score (nSPS) is 9.20. The van der Waals surface area contributed by atoms with Crippen LogP contribution in [0.5, 0.6) is 0 Å². The molecule has 3 N–H and O–H groups in total. The van der Waals surface area contributed by atoms with E-state index in [0.717, 1.165) is 19.5 Å². The molecule has 0 radical (unpaired) electrons. The molecule has 0 heterocycles. The second-order valence-corrected chi connectivity index (χ2v) is 4.84. The number of rotatable bonds is 6. The SMILES string of the molecule is C.CC(C)CNCCCNC(=O)O.Cc1ccccc1. The zero-order valence-corrected chi connectivity index (χ0v) is 12.1. The lowest BCUT2D eigenvalue weighted by Crippen LogP contribution is -2.27. The molecule has 1 rings (SSSR count). The van der Waals surface area contributed by atoms with Gasteiger partial charge in [-0.15, -0.1) is 0 Å². The van der Waals surface area contributed by atoms with E-state index in [0.29, 0.717) is 12.5 Å². The van der Waals surface area contributed by atoms with Gasteiger partial charge in [0.05, 0.1) is 0 Å². The van der Waals surface area contributed by atoms with Crippen molar-refractivity contribution in [1.29, 1.82) is 0 Å². The van der Waals surface area contributed by atoms with Crippen LogP contribution in [0.3, 0.4) is 0 Å². The maximum Gasteiger partial charge on any atom is 0.404 e. The fraction of sp³-hybridized carbons (Fsp3) is 0.562. The van der Waals surface area contributed by atoms with Crippen molar-refractivity contribution < 1.29 is 9.90 Å². The molecular weight excluding hydrogens is 252 g/mol. The lowest BCUT2D eigenvalue weighted by Gasteiger charge is -2.06. The van der Waals surface area contributed by atoms with Gasteiger partial charge in [-0.25, -0.2) is 4.79 Å². The molecule has 116 valence electrons. The first-order chi connectivity index (χ1) is 9.02. The zero-order chi connectivity index (χ0) is 14.5. The van der Waals surface area contributed by atoms with Crippen molar-refractivity contribution in [2.24, 2.45) is 5.92 Å². The number of benzene rings is 1. The van der Waals surface area contributed by atoms with Crippen LogP contribution in [0.15, 0.2) is 30.3 Å². The molecule has 0 spiro atoms. The minimum atomic E-state index is -0.946. The van der Waals surface area contributed by atoms with Crippen molar-refractivity contribution in [3.63, 3.8) is 0 Å². The topological polar surface area (TPSA) is 61.4 Å². The Bertz CT molecular complexity index is 327. The summed E-state index contributed by atoms with van der Waals surface area (Å²) in [6.07, 6.45) is -0.0993. The second-order valence-electron chi connectivity index (χ2n) is 4.84. The highest BCUT2D eigenvalue weighted by molar-refractivity contribution is 5.64. The monoisotopic (exact) mass is 282 g/mol. The third-order valence-corrected chi connectivity index (χ3v) is 2.30. The summed E-state index contributed by atoms with van der Waals surface area (Å²) in [5.41, 5.74) is 1.32. The second kappa shape index (κ2) is 13.9. The summed E-state index contributed by atoms with van der Waals surface area (Å²) in [5, 5.41) is 13.8. The highest BCUT2D eigenvalue weighted by Gasteiger charge is 1.94. The van der Waals surface area contributed by atoms with Crippen molar-refractivity contribution in [2.45, 2.75) is 34.6 Å². The molecule has 1 amide bonds. The summed E-state index contributed by atoms with van der Waals surface area (Å²) >= 11 is 0. The minimum Gasteiger partial charge on any atom is -0.465 e. The lowest BCUT2D eigenvalue weighted by atomic mass is 10.2. The van der Waals surface area contributed by atoms with E-state index in [1.54, 1.807) is 0 Å². The number of nitrogens with one attached hydrogen (secondary N) is 2. The van der Waals surface area contributed by atoms with Gasteiger partial charge in [0.1, 0.15) is 0 Å². The third kappa shape index (κ3) is 16.4. The van der Waals surface area contributed by atoms with E-state index in [2.05, 4.69) is 43.5 Å². The Labute approximate surface area is 123 Å². The van der Waals surface area contributed by atoms with Crippen molar-refractivity contribution >= 4 is 6.09 Å². The van der Waals surface area contributed by atoms with Gasteiger partial charge in [-0.1, -0.05) is 57.2 Å². The molecule has 0 aromatic heterocycles. The van der Waals surface area contributed by atoms with Gasteiger partial charge in [-0.05, 0) is 32.4 Å². The average Bonchev–Trinajstić information content (AvgIpc) is 2.35. The number of hydrogen-bond donors (Lipinski definition) is 3. The molecule has 20 heavy (non-hydrogen) atoms. The molecule has 0 fully saturated rings. The van der Waals surface area contributed by atoms with Crippen LogP contribution in [-0.4, -0.2) is 30.8 Å².